The van der Waals surface area contributed by atoms with Crippen LogP contribution in [-0.4, -0.2) is 12.2 Å². The van der Waals surface area contributed by atoms with Crippen LogP contribution in [-0.2, 0) is 6.42 Å². The summed E-state index contributed by atoms with van der Waals surface area (Å²) in [6.45, 7) is 0. The molecule has 1 aromatic heterocycles. The average molecular weight is 303 g/mol. The molecule has 2 rings (SSSR count). The number of aliphatic hydroxyl groups is 1. The molecule has 0 fully saturated rings. The van der Waals surface area contributed by atoms with Crippen molar-refractivity contribution in [3.63, 3.8) is 0 Å². The highest BCUT2D eigenvalue weighted by Gasteiger charge is 2.14. The van der Waals surface area contributed by atoms with E-state index in [1.807, 2.05) is 23.6 Å². The third-order valence-electron chi connectivity index (χ3n) is 2.60. The predicted octanol–water partition coefficient (Wildman–Crippen LogP) is 4.34. The van der Waals surface area contributed by atoms with Gasteiger partial charge >= 0.3 is 0 Å². The van der Waals surface area contributed by atoms with Crippen LogP contribution in [0.4, 0.5) is 0 Å². The molecule has 1 aromatic carbocycles. The summed E-state index contributed by atoms with van der Waals surface area (Å²) in [5, 5.41) is 13.0. The summed E-state index contributed by atoms with van der Waals surface area (Å²) in [7, 11) is 1.60. The van der Waals surface area contributed by atoms with Gasteiger partial charge in [-0.2, -0.15) is 0 Å². The number of halogens is 2. The fourth-order valence-electron chi connectivity index (χ4n) is 1.63. The van der Waals surface area contributed by atoms with E-state index in [4.69, 9.17) is 27.9 Å². The summed E-state index contributed by atoms with van der Waals surface area (Å²) in [5.74, 6) is 0.756. The molecule has 0 aliphatic carbocycles. The molecule has 2 nitrogen and oxygen atoms in total. The van der Waals surface area contributed by atoms with E-state index in [0.29, 0.717) is 16.5 Å². The van der Waals surface area contributed by atoms with Crippen molar-refractivity contribution in [2.24, 2.45) is 0 Å². The average Bonchev–Trinajstić information content (AvgIpc) is 2.83. The lowest BCUT2D eigenvalue weighted by molar-refractivity contribution is 0.182. The molecular weight excluding hydrogens is 291 g/mol. The Morgan fingerprint density at radius 2 is 2.17 bits per heavy atom. The Balaban J connectivity index is 2.15. The maximum atomic E-state index is 10.2. The number of hydrogen-bond donors (Lipinski definition) is 1. The van der Waals surface area contributed by atoms with E-state index in [1.165, 1.54) is 11.3 Å². The van der Waals surface area contributed by atoms with Crippen molar-refractivity contribution in [2.45, 2.75) is 12.5 Å². The molecule has 0 spiro atoms. The van der Waals surface area contributed by atoms with Crippen LogP contribution in [0.1, 0.15) is 16.5 Å². The number of rotatable bonds is 4. The van der Waals surface area contributed by atoms with Crippen LogP contribution in [0.25, 0.3) is 0 Å². The molecule has 1 N–H and O–H groups in total. The second kappa shape index (κ2) is 5.93. The monoisotopic (exact) mass is 302 g/mol. The molecule has 0 aliphatic heterocycles. The molecule has 0 bridgehead atoms. The van der Waals surface area contributed by atoms with Gasteiger partial charge in [-0.25, -0.2) is 0 Å². The Morgan fingerprint density at radius 3 is 2.83 bits per heavy atom. The summed E-state index contributed by atoms with van der Waals surface area (Å²) in [6.07, 6.45) is -0.168. The zero-order valence-corrected chi connectivity index (χ0v) is 12.0. The van der Waals surface area contributed by atoms with E-state index >= 15 is 0 Å². The van der Waals surface area contributed by atoms with E-state index in [-0.39, 0.29) is 0 Å². The van der Waals surface area contributed by atoms with Gasteiger partial charge in [0.2, 0.25) is 0 Å². The van der Waals surface area contributed by atoms with Crippen LogP contribution in [0.5, 0.6) is 5.75 Å². The van der Waals surface area contributed by atoms with Crippen molar-refractivity contribution in [2.75, 3.05) is 7.11 Å². The third-order valence-corrected chi connectivity index (χ3v) is 4.47. The summed E-state index contributed by atoms with van der Waals surface area (Å²) < 4.78 is 5.09. The SMILES string of the molecule is COc1csc(C(O)Cc2cccc(Cl)c2Cl)c1. The Kier molecular flexibility index (Phi) is 4.51. The van der Waals surface area contributed by atoms with Crippen LogP contribution in [0, 0.1) is 0 Å². The quantitative estimate of drug-likeness (QED) is 0.910. The van der Waals surface area contributed by atoms with Gasteiger partial charge in [-0.3, -0.25) is 0 Å². The standard InChI is InChI=1S/C13H12Cl2O2S/c1-17-9-6-12(18-7-9)11(16)5-8-3-2-4-10(14)13(8)15/h2-4,6-7,11,16H,5H2,1H3. The van der Waals surface area contributed by atoms with E-state index in [1.54, 1.807) is 13.2 Å². The zero-order chi connectivity index (χ0) is 13.1. The van der Waals surface area contributed by atoms with Gasteiger partial charge in [-0.15, -0.1) is 11.3 Å². The molecule has 1 unspecified atom stereocenters. The second-order valence-corrected chi connectivity index (χ2v) is 5.55. The second-order valence-electron chi connectivity index (χ2n) is 3.82. The van der Waals surface area contributed by atoms with Crippen molar-refractivity contribution in [1.29, 1.82) is 0 Å². The molecule has 0 aliphatic rings. The fraction of sp³-hybridized carbons (Fsp3) is 0.231. The minimum atomic E-state index is -0.602. The summed E-state index contributed by atoms with van der Waals surface area (Å²) >= 11 is 13.5. The third kappa shape index (κ3) is 2.98. The fourth-order valence-corrected chi connectivity index (χ4v) is 2.87. The number of aliphatic hydroxyl groups excluding tert-OH is 1. The molecule has 96 valence electrons. The van der Waals surface area contributed by atoms with E-state index in [0.717, 1.165) is 16.2 Å². The van der Waals surface area contributed by atoms with Crippen molar-refractivity contribution in [3.8, 4) is 5.75 Å². The summed E-state index contributed by atoms with van der Waals surface area (Å²) in [4.78, 5) is 0.850. The number of thiophene rings is 1. The van der Waals surface area contributed by atoms with E-state index in [2.05, 4.69) is 0 Å². The maximum Gasteiger partial charge on any atom is 0.129 e. The molecule has 5 heteroatoms. The number of hydrogen-bond acceptors (Lipinski definition) is 3. The first-order valence-corrected chi connectivity index (χ1v) is 6.98. The number of ether oxygens (including phenoxy) is 1. The van der Waals surface area contributed by atoms with E-state index in [9.17, 15) is 5.11 Å². The minimum absolute atomic E-state index is 0.434. The lowest BCUT2D eigenvalue weighted by atomic mass is 10.1. The lowest BCUT2D eigenvalue weighted by Gasteiger charge is -2.10. The normalized spacial score (nSPS) is 12.4. The molecule has 1 atom stereocenters. The van der Waals surface area contributed by atoms with Crippen molar-refractivity contribution in [3.05, 3.63) is 50.1 Å². The molecule has 18 heavy (non-hydrogen) atoms. The Morgan fingerprint density at radius 1 is 1.39 bits per heavy atom. The molecule has 1 heterocycles. The van der Waals surface area contributed by atoms with Crippen LogP contribution in [0.2, 0.25) is 10.0 Å². The first-order valence-electron chi connectivity index (χ1n) is 5.35. The van der Waals surface area contributed by atoms with Crippen LogP contribution < -0.4 is 4.74 Å². The number of benzene rings is 1. The van der Waals surface area contributed by atoms with Gasteiger partial charge in [-0.1, -0.05) is 35.3 Å². The molecule has 0 saturated carbocycles. The Hall–Kier alpha value is -0.740. The Bertz CT molecular complexity index is 540. The van der Waals surface area contributed by atoms with Gasteiger partial charge < -0.3 is 9.84 Å². The van der Waals surface area contributed by atoms with Gasteiger partial charge in [0.25, 0.3) is 0 Å². The highest BCUT2D eigenvalue weighted by atomic mass is 35.5. The van der Waals surface area contributed by atoms with E-state index < -0.39 is 6.10 Å². The van der Waals surface area contributed by atoms with Crippen LogP contribution in [0.3, 0.4) is 0 Å². The first kappa shape index (κ1) is 13.7. The molecule has 0 radical (unpaired) electrons. The number of methoxy groups -OCH3 is 1. The van der Waals surface area contributed by atoms with Gasteiger partial charge in [0, 0.05) is 16.7 Å². The minimum Gasteiger partial charge on any atom is -0.496 e. The van der Waals surface area contributed by atoms with Crippen molar-refractivity contribution in [1.82, 2.24) is 0 Å². The molecule has 2 aromatic rings. The summed E-state index contributed by atoms with van der Waals surface area (Å²) in [6, 6.07) is 7.25. The van der Waals surface area contributed by atoms with Gasteiger partial charge in [-0.05, 0) is 17.7 Å². The Labute approximate surface area is 120 Å². The molecular formula is C13H12Cl2O2S. The molecule has 0 amide bonds. The van der Waals surface area contributed by atoms with Crippen molar-refractivity contribution >= 4 is 34.5 Å². The van der Waals surface area contributed by atoms with Gasteiger partial charge in [0.15, 0.2) is 0 Å². The smallest absolute Gasteiger partial charge is 0.129 e. The maximum absolute atomic E-state index is 10.2. The largest absolute Gasteiger partial charge is 0.496 e. The highest BCUT2D eigenvalue weighted by molar-refractivity contribution is 7.10. The van der Waals surface area contributed by atoms with Crippen LogP contribution in [0.15, 0.2) is 29.6 Å². The lowest BCUT2D eigenvalue weighted by Crippen LogP contribution is -2.00. The molecule has 0 saturated heterocycles. The highest BCUT2D eigenvalue weighted by Crippen LogP contribution is 2.32. The summed E-state index contributed by atoms with van der Waals surface area (Å²) in [5.41, 5.74) is 0.837. The zero-order valence-electron chi connectivity index (χ0n) is 9.69. The van der Waals surface area contributed by atoms with Gasteiger partial charge in [0.05, 0.1) is 23.3 Å². The topological polar surface area (TPSA) is 29.5 Å². The van der Waals surface area contributed by atoms with Gasteiger partial charge in [0.1, 0.15) is 5.75 Å². The first-order chi connectivity index (χ1) is 8.61. The predicted molar refractivity (Wildman–Crippen MR) is 76.0 cm³/mol. The van der Waals surface area contributed by atoms with Crippen molar-refractivity contribution < 1.29 is 9.84 Å². The van der Waals surface area contributed by atoms with Crippen LogP contribution >= 0.6 is 34.5 Å².